The molecule has 0 saturated heterocycles. The fraction of sp³-hybridized carbons (Fsp3) is 0.667. The Morgan fingerprint density at radius 2 is 2.00 bits per heavy atom. The molecule has 0 unspecified atom stereocenters. The van der Waals surface area contributed by atoms with Crippen LogP contribution in [0.15, 0.2) is 0 Å². The number of anilines is 2. The summed E-state index contributed by atoms with van der Waals surface area (Å²) in [6.07, 6.45) is 4.71. The molecule has 0 amide bonds. The Hall–Kier alpha value is -0.900. The molecule has 0 aromatic carbocycles. The predicted octanol–water partition coefficient (Wildman–Crippen LogP) is 2.28. The molecular weight excluding hydrogens is 200 g/mol. The van der Waals surface area contributed by atoms with Crippen LogP contribution in [0.3, 0.4) is 0 Å². The van der Waals surface area contributed by atoms with E-state index >= 15 is 0 Å². The van der Waals surface area contributed by atoms with Crippen LogP contribution in [0.2, 0.25) is 5.15 Å². The number of nitrogens with zero attached hydrogens (tertiary/aromatic N) is 2. The molecule has 0 radical (unpaired) electrons. The summed E-state index contributed by atoms with van der Waals surface area (Å²) in [5, 5.41) is 4.34. The van der Waals surface area contributed by atoms with Crippen molar-refractivity contribution in [3.63, 3.8) is 0 Å². The first-order valence-electron chi connectivity index (χ1n) is 4.94. The lowest BCUT2D eigenvalue weighted by Gasteiger charge is -2.02. The minimum atomic E-state index is 0.304. The van der Waals surface area contributed by atoms with E-state index in [2.05, 4.69) is 12.0 Å². The maximum absolute atomic E-state index is 5.74. The predicted molar refractivity (Wildman–Crippen MR) is 60.2 cm³/mol. The van der Waals surface area contributed by atoms with Crippen molar-refractivity contribution in [3.8, 4) is 0 Å². The number of hydrogen-bond acceptors (Lipinski definition) is 3. The van der Waals surface area contributed by atoms with Gasteiger partial charge in [0.1, 0.15) is 11.5 Å². The van der Waals surface area contributed by atoms with Crippen LogP contribution in [-0.4, -0.2) is 9.78 Å². The number of nitrogens with two attached hydrogens (primary N) is 2. The summed E-state index contributed by atoms with van der Waals surface area (Å²) in [7, 11) is 0. The summed E-state index contributed by atoms with van der Waals surface area (Å²) in [5.74, 6) is 0.478. The van der Waals surface area contributed by atoms with Gasteiger partial charge in [0, 0.05) is 6.54 Å². The van der Waals surface area contributed by atoms with Crippen molar-refractivity contribution in [1.29, 1.82) is 0 Å². The third-order valence-electron chi connectivity index (χ3n) is 2.21. The lowest BCUT2D eigenvalue weighted by atomic mass is 10.2. The van der Waals surface area contributed by atoms with Crippen molar-refractivity contribution in [2.75, 3.05) is 11.5 Å². The van der Waals surface area contributed by atoms with Crippen LogP contribution in [0.4, 0.5) is 11.5 Å². The van der Waals surface area contributed by atoms with Crippen LogP contribution >= 0.6 is 11.6 Å². The van der Waals surface area contributed by atoms with Gasteiger partial charge in [-0.3, -0.25) is 0 Å². The van der Waals surface area contributed by atoms with E-state index in [-0.39, 0.29) is 0 Å². The maximum Gasteiger partial charge on any atom is 0.176 e. The molecule has 0 atom stereocenters. The third-order valence-corrected chi connectivity index (χ3v) is 2.49. The highest BCUT2D eigenvalue weighted by Gasteiger charge is 2.09. The van der Waals surface area contributed by atoms with Crippen molar-refractivity contribution < 1.29 is 0 Å². The maximum atomic E-state index is 5.74. The second-order valence-corrected chi connectivity index (χ2v) is 3.73. The summed E-state index contributed by atoms with van der Waals surface area (Å²) < 4.78 is 1.67. The highest BCUT2D eigenvalue weighted by Crippen LogP contribution is 2.23. The Labute approximate surface area is 89.2 Å². The second-order valence-electron chi connectivity index (χ2n) is 3.37. The normalized spacial score (nSPS) is 10.7. The van der Waals surface area contributed by atoms with Crippen molar-refractivity contribution in [2.45, 2.75) is 39.2 Å². The summed E-state index contributed by atoms with van der Waals surface area (Å²) >= 11 is 5.74. The fourth-order valence-corrected chi connectivity index (χ4v) is 1.51. The van der Waals surface area contributed by atoms with Crippen molar-refractivity contribution in [3.05, 3.63) is 5.15 Å². The van der Waals surface area contributed by atoms with E-state index in [1.807, 2.05) is 0 Å². The van der Waals surface area contributed by atoms with Gasteiger partial charge >= 0.3 is 0 Å². The Morgan fingerprint density at radius 3 is 2.50 bits per heavy atom. The number of aromatic nitrogens is 2. The summed E-state index contributed by atoms with van der Waals surface area (Å²) in [6, 6.07) is 0. The van der Waals surface area contributed by atoms with E-state index < -0.39 is 0 Å². The van der Waals surface area contributed by atoms with E-state index in [9.17, 15) is 0 Å². The Kier molecular flexibility index (Phi) is 4.07. The number of aryl methyl sites for hydroxylation is 1. The molecule has 1 rings (SSSR count). The van der Waals surface area contributed by atoms with Crippen LogP contribution < -0.4 is 11.5 Å². The Balaban J connectivity index is 2.47. The molecule has 1 aromatic rings. The highest BCUT2D eigenvalue weighted by molar-refractivity contribution is 6.32. The number of hydrogen-bond donors (Lipinski definition) is 2. The van der Waals surface area contributed by atoms with Gasteiger partial charge in [0.25, 0.3) is 0 Å². The smallest absolute Gasteiger partial charge is 0.176 e. The van der Waals surface area contributed by atoms with Crippen LogP contribution in [0, 0.1) is 0 Å². The first-order valence-corrected chi connectivity index (χ1v) is 5.31. The van der Waals surface area contributed by atoms with Crippen LogP contribution in [0.5, 0.6) is 0 Å². The van der Waals surface area contributed by atoms with Gasteiger partial charge in [0.2, 0.25) is 0 Å². The molecule has 0 fully saturated rings. The molecule has 0 aliphatic heterocycles. The number of halogens is 1. The molecule has 80 valence electrons. The van der Waals surface area contributed by atoms with E-state index in [1.165, 1.54) is 19.3 Å². The van der Waals surface area contributed by atoms with Gasteiger partial charge in [-0.05, 0) is 6.42 Å². The number of nitrogen functional groups attached to an aromatic ring is 2. The van der Waals surface area contributed by atoms with Crippen LogP contribution in [0.25, 0.3) is 0 Å². The first-order chi connectivity index (χ1) is 6.66. The molecule has 0 aliphatic carbocycles. The molecule has 0 aliphatic rings. The molecule has 14 heavy (non-hydrogen) atoms. The molecule has 1 heterocycles. The van der Waals surface area contributed by atoms with E-state index in [0.29, 0.717) is 16.7 Å². The molecular formula is C9H17ClN4. The molecule has 0 bridgehead atoms. The van der Waals surface area contributed by atoms with Crippen molar-refractivity contribution in [1.82, 2.24) is 9.78 Å². The van der Waals surface area contributed by atoms with Crippen LogP contribution in [0.1, 0.15) is 32.6 Å². The average Bonchev–Trinajstić information content (AvgIpc) is 2.41. The van der Waals surface area contributed by atoms with Gasteiger partial charge in [-0.25, -0.2) is 4.68 Å². The van der Waals surface area contributed by atoms with Crippen molar-refractivity contribution >= 4 is 23.1 Å². The summed E-state index contributed by atoms with van der Waals surface area (Å²) in [5.41, 5.74) is 11.7. The van der Waals surface area contributed by atoms with Gasteiger partial charge in [-0.15, -0.1) is 0 Å². The minimum absolute atomic E-state index is 0.304. The molecule has 4 nitrogen and oxygen atoms in total. The minimum Gasteiger partial charge on any atom is -0.393 e. The summed E-state index contributed by atoms with van der Waals surface area (Å²) in [6.45, 7) is 2.97. The molecule has 1 aromatic heterocycles. The van der Waals surface area contributed by atoms with Gasteiger partial charge in [0.15, 0.2) is 5.15 Å². The van der Waals surface area contributed by atoms with Gasteiger partial charge in [-0.2, -0.15) is 5.10 Å². The second kappa shape index (κ2) is 5.10. The SMILES string of the molecule is CCCCCCn1nc(Cl)c(N)c1N. The molecule has 0 saturated carbocycles. The van der Waals surface area contributed by atoms with Crippen LogP contribution in [-0.2, 0) is 6.54 Å². The lowest BCUT2D eigenvalue weighted by molar-refractivity contribution is 0.547. The zero-order valence-corrected chi connectivity index (χ0v) is 9.22. The summed E-state index contributed by atoms with van der Waals surface area (Å²) in [4.78, 5) is 0. The van der Waals surface area contributed by atoms with Gasteiger partial charge in [0.05, 0.1) is 0 Å². The molecule has 4 N–H and O–H groups in total. The van der Waals surface area contributed by atoms with E-state index in [0.717, 1.165) is 13.0 Å². The highest BCUT2D eigenvalue weighted by atomic mass is 35.5. The molecule has 0 spiro atoms. The van der Waals surface area contributed by atoms with Crippen molar-refractivity contribution in [2.24, 2.45) is 0 Å². The fourth-order valence-electron chi connectivity index (χ4n) is 1.32. The zero-order chi connectivity index (χ0) is 10.6. The average molecular weight is 217 g/mol. The first kappa shape index (κ1) is 11.2. The topological polar surface area (TPSA) is 69.9 Å². The Bertz CT molecular complexity index is 295. The van der Waals surface area contributed by atoms with E-state index in [4.69, 9.17) is 23.1 Å². The standard InChI is InChI=1S/C9H17ClN4/c1-2-3-4-5-6-14-9(12)7(11)8(10)13-14/h2-6,11-12H2,1H3. The van der Waals surface area contributed by atoms with Gasteiger partial charge < -0.3 is 11.5 Å². The monoisotopic (exact) mass is 216 g/mol. The number of unbranched alkanes of at least 4 members (excludes halogenated alkanes) is 3. The van der Waals surface area contributed by atoms with E-state index in [1.54, 1.807) is 4.68 Å². The quantitative estimate of drug-likeness (QED) is 0.742. The van der Waals surface area contributed by atoms with Gasteiger partial charge in [-0.1, -0.05) is 37.8 Å². The number of rotatable bonds is 5. The molecule has 5 heteroatoms. The Morgan fingerprint density at radius 1 is 1.29 bits per heavy atom. The third kappa shape index (κ3) is 2.54. The largest absolute Gasteiger partial charge is 0.393 e. The lowest BCUT2D eigenvalue weighted by Crippen LogP contribution is -2.05. The zero-order valence-electron chi connectivity index (χ0n) is 8.46.